The number of thioether (sulfide) groups is 1. The van der Waals surface area contributed by atoms with Gasteiger partial charge in [-0.25, -0.2) is 0 Å². The van der Waals surface area contributed by atoms with Gasteiger partial charge in [-0.15, -0.1) is 24.9 Å². The fraction of sp³-hybridized carbons (Fsp3) is 0.267. The molecule has 0 aliphatic carbocycles. The SMILES string of the molecule is C=C.CC(=O)/C=C/CCSc1cccc(C(F)(F)F)c1. The highest BCUT2D eigenvalue weighted by molar-refractivity contribution is 7.99. The van der Waals surface area contributed by atoms with Gasteiger partial charge in [0.15, 0.2) is 5.78 Å². The Balaban J connectivity index is 0.00000172. The van der Waals surface area contributed by atoms with E-state index in [1.807, 2.05) is 0 Å². The highest BCUT2D eigenvalue weighted by Gasteiger charge is 2.30. The lowest BCUT2D eigenvalue weighted by Gasteiger charge is -2.07. The summed E-state index contributed by atoms with van der Waals surface area (Å²) >= 11 is 1.34. The van der Waals surface area contributed by atoms with Crippen LogP contribution in [0, 0.1) is 0 Å². The number of rotatable bonds is 5. The van der Waals surface area contributed by atoms with Crippen molar-refractivity contribution in [3.05, 3.63) is 55.1 Å². The first-order valence-electron chi connectivity index (χ1n) is 5.87. The van der Waals surface area contributed by atoms with E-state index in [0.29, 0.717) is 17.1 Å². The van der Waals surface area contributed by atoms with Gasteiger partial charge >= 0.3 is 6.18 Å². The van der Waals surface area contributed by atoms with E-state index in [1.54, 1.807) is 12.1 Å². The summed E-state index contributed by atoms with van der Waals surface area (Å²) in [6.07, 6.45) is -0.457. The summed E-state index contributed by atoms with van der Waals surface area (Å²) in [5, 5.41) is 0. The molecule has 0 atom stereocenters. The van der Waals surface area contributed by atoms with Gasteiger partial charge in [0.05, 0.1) is 5.56 Å². The van der Waals surface area contributed by atoms with Crippen molar-refractivity contribution in [2.75, 3.05) is 5.75 Å². The van der Waals surface area contributed by atoms with Crippen LogP contribution >= 0.6 is 11.8 Å². The van der Waals surface area contributed by atoms with Gasteiger partial charge in [-0.05, 0) is 37.6 Å². The van der Waals surface area contributed by atoms with Gasteiger partial charge in [0.2, 0.25) is 0 Å². The van der Waals surface area contributed by atoms with E-state index >= 15 is 0 Å². The summed E-state index contributed by atoms with van der Waals surface area (Å²) < 4.78 is 37.3. The van der Waals surface area contributed by atoms with Crippen LogP contribution in [0.1, 0.15) is 18.9 Å². The minimum absolute atomic E-state index is 0.0286. The van der Waals surface area contributed by atoms with Crippen LogP contribution in [-0.4, -0.2) is 11.5 Å². The molecule has 20 heavy (non-hydrogen) atoms. The number of alkyl halides is 3. The second-order valence-electron chi connectivity index (χ2n) is 3.68. The maximum atomic E-state index is 12.4. The van der Waals surface area contributed by atoms with Crippen molar-refractivity contribution in [2.45, 2.75) is 24.4 Å². The van der Waals surface area contributed by atoms with Crippen molar-refractivity contribution in [3.63, 3.8) is 0 Å². The molecule has 0 aliphatic rings. The first-order valence-corrected chi connectivity index (χ1v) is 6.85. The number of hydrogen-bond donors (Lipinski definition) is 0. The molecule has 0 saturated heterocycles. The zero-order chi connectivity index (χ0) is 15.6. The second-order valence-corrected chi connectivity index (χ2v) is 4.84. The number of carbonyl (C=O) groups is 1. The van der Waals surface area contributed by atoms with Crippen LogP contribution in [0.3, 0.4) is 0 Å². The summed E-state index contributed by atoms with van der Waals surface area (Å²) in [5.74, 6) is 0.615. The molecule has 0 N–H and O–H groups in total. The third-order valence-electron chi connectivity index (χ3n) is 2.07. The van der Waals surface area contributed by atoms with Crippen LogP contribution in [-0.2, 0) is 11.0 Å². The Labute approximate surface area is 121 Å². The second kappa shape index (κ2) is 9.42. The van der Waals surface area contributed by atoms with Gasteiger partial charge < -0.3 is 0 Å². The zero-order valence-corrected chi connectivity index (χ0v) is 12.1. The number of allylic oxidation sites excluding steroid dienone is 2. The maximum absolute atomic E-state index is 12.4. The molecule has 0 aliphatic heterocycles. The van der Waals surface area contributed by atoms with Crippen molar-refractivity contribution >= 4 is 17.5 Å². The monoisotopic (exact) mass is 302 g/mol. The van der Waals surface area contributed by atoms with Gasteiger partial charge in [-0.1, -0.05) is 12.1 Å². The smallest absolute Gasteiger partial charge is 0.295 e. The molecule has 110 valence electrons. The number of carbonyl (C=O) groups excluding carboxylic acids is 1. The van der Waals surface area contributed by atoms with Crippen molar-refractivity contribution in [2.24, 2.45) is 0 Å². The molecule has 0 unspecified atom stereocenters. The zero-order valence-electron chi connectivity index (χ0n) is 11.2. The van der Waals surface area contributed by atoms with E-state index in [2.05, 4.69) is 13.2 Å². The summed E-state index contributed by atoms with van der Waals surface area (Å²) in [5.41, 5.74) is -0.633. The molecule has 0 spiro atoms. The molecule has 1 rings (SSSR count). The van der Waals surface area contributed by atoms with Crippen LogP contribution in [0.15, 0.2) is 54.5 Å². The third-order valence-corrected chi connectivity index (χ3v) is 3.09. The van der Waals surface area contributed by atoms with Crippen molar-refractivity contribution in [1.82, 2.24) is 0 Å². The highest BCUT2D eigenvalue weighted by Crippen LogP contribution is 2.31. The van der Waals surface area contributed by atoms with Crippen LogP contribution in [0.4, 0.5) is 13.2 Å². The quantitative estimate of drug-likeness (QED) is 0.324. The Bertz CT molecular complexity index is 453. The number of benzene rings is 1. The fourth-order valence-corrected chi connectivity index (χ4v) is 2.13. The van der Waals surface area contributed by atoms with Crippen molar-refractivity contribution < 1.29 is 18.0 Å². The standard InChI is InChI=1S/C13H13F3OS.C2H4/c1-10(17)5-2-3-8-18-12-7-4-6-11(9-12)13(14,15)16;1-2/h2,4-7,9H,3,8H2,1H3;1-2H2/b5-2+;. The van der Waals surface area contributed by atoms with Crippen LogP contribution < -0.4 is 0 Å². The topological polar surface area (TPSA) is 17.1 Å². The number of halogens is 3. The van der Waals surface area contributed by atoms with Gasteiger partial charge in [0.25, 0.3) is 0 Å². The highest BCUT2D eigenvalue weighted by atomic mass is 32.2. The average Bonchev–Trinajstić information content (AvgIpc) is 2.40. The minimum atomic E-state index is -4.30. The molecular weight excluding hydrogens is 285 g/mol. The molecule has 0 saturated carbocycles. The summed E-state index contributed by atoms with van der Waals surface area (Å²) in [6, 6.07) is 5.24. The minimum Gasteiger partial charge on any atom is -0.295 e. The lowest BCUT2D eigenvalue weighted by molar-refractivity contribution is -0.137. The average molecular weight is 302 g/mol. The van der Waals surface area contributed by atoms with Gasteiger partial charge in [0.1, 0.15) is 0 Å². The maximum Gasteiger partial charge on any atom is 0.416 e. The largest absolute Gasteiger partial charge is 0.416 e. The van der Waals surface area contributed by atoms with Gasteiger partial charge in [0, 0.05) is 10.6 Å². The summed E-state index contributed by atoms with van der Waals surface area (Å²) in [7, 11) is 0. The Hall–Kier alpha value is -1.49. The Morgan fingerprint density at radius 3 is 2.55 bits per heavy atom. The molecule has 0 fully saturated rings. The lowest BCUT2D eigenvalue weighted by Crippen LogP contribution is -2.04. The molecule has 1 nitrogen and oxygen atoms in total. The molecule has 1 aromatic rings. The summed E-state index contributed by atoms with van der Waals surface area (Å²) in [4.78, 5) is 11.2. The molecule has 1 aromatic carbocycles. The van der Waals surface area contributed by atoms with Gasteiger partial charge in [-0.3, -0.25) is 4.79 Å². The lowest BCUT2D eigenvalue weighted by atomic mass is 10.2. The van der Waals surface area contributed by atoms with E-state index in [-0.39, 0.29) is 5.78 Å². The van der Waals surface area contributed by atoms with Gasteiger partial charge in [-0.2, -0.15) is 13.2 Å². The first kappa shape index (κ1) is 18.5. The predicted octanol–water partition coefficient (Wildman–Crippen LogP) is 5.14. The van der Waals surface area contributed by atoms with E-state index in [1.165, 1.54) is 30.8 Å². The molecule has 5 heteroatoms. The van der Waals surface area contributed by atoms with E-state index in [9.17, 15) is 18.0 Å². The Morgan fingerprint density at radius 2 is 2.00 bits per heavy atom. The summed E-state index contributed by atoms with van der Waals surface area (Å²) in [6.45, 7) is 7.45. The molecule has 0 radical (unpaired) electrons. The van der Waals surface area contributed by atoms with Crippen LogP contribution in [0.5, 0.6) is 0 Å². The normalized spacial score (nSPS) is 11.0. The first-order chi connectivity index (χ1) is 9.39. The van der Waals surface area contributed by atoms with E-state index in [0.717, 1.165) is 12.1 Å². The molecule has 0 amide bonds. The molecule has 0 aromatic heterocycles. The predicted molar refractivity (Wildman–Crippen MR) is 77.9 cm³/mol. The number of ketones is 1. The third kappa shape index (κ3) is 7.84. The van der Waals surface area contributed by atoms with Crippen LogP contribution in [0.25, 0.3) is 0 Å². The van der Waals surface area contributed by atoms with Crippen molar-refractivity contribution in [1.29, 1.82) is 0 Å². The Morgan fingerprint density at radius 1 is 1.35 bits per heavy atom. The Kier molecular flexibility index (Phi) is 8.72. The number of hydrogen-bond acceptors (Lipinski definition) is 2. The van der Waals surface area contributed by atoms with E-state index < -0.39 is 11.7 Å². The van der Waals surface area contributed by atoms with E-state index in [4.69, 9.17) is 0 Å². The molecule has 0 heterocycles. The van der Waals surface area contributed by atoms with Crippen LogP contribution in [0.2, 0.25) is 0 Å². The molecular formula is C15H17F3OS. The molecule has 0 bridgehead atoms. The van der Waals surface area contributed by atoms with Crippen molar-refractivity contribution in [3.8, 4) is 0 Å². The fourth-order valence-electron chi connectivity index (χ4n) is 1.26.